The average molecular weight is 265 g/mol. The van der Waals surface area contributed by atoms with Gasteiger partial charge >= 0.3 is 0 Å². The van der Waals surface area contributed by atoms with Crippen LogP contribution in [-0.2, 0) is 11.2 Å². The zero-order valence-electron chi connectivity index (χ0n) is 11.2. The fourth-order valence-electron chi connectivity index (χ4n) is 2.32. The van der Waals surface area contributed by atoms with E-state index in [0.717, 1.165) is 12.8 Å². The van der Waals surface area contributed by atoms with E-state index in [-0.39, 0.29) is 24.8 Å². The highest BCUT2D eigenvalue weighted by Gasteiger charge is 2.41. The minimum absolute atomic E-state index is 0.0525. The number of carbonyl (C=O) groups is 1. The van der Waals surface area contributed by atoms with Gasteiger partial charge in [-0.2, -0.15) is 0 Å². The SMILES string of the molecule is CC(CO)(NC(=O)CCc1ccccc1F)C1CC1. The molecular formula is C15H20FNO2. The highest BCUT2D eigenvalue weighted by atomic mass is 19.1. The van der Waals surface area contributed by atoms with Crippen molar-refractivity contribution in [3.63, 3.8) is 0 Å². The van der Waals surface area contributed by atoms with Gasteiger partial charge in [-0.25, -0.2) is 4.39 Å². The van der Waals surface area contributed by atoms with Crippen molar-refractivity contribution in [2.45, 2.75) is 38.1 Å². The highest BCUT2D eigenvalue weighted by Crippen LogP contribution is 2.39. The van der Waals surface area contributed by atoms with Gasteiger partial charge in [0.2, 0.25) is 5.91 Å². The van der Waals surface area contributed by atoms with E-state index in [1.165, 1.54) is 6.07 Å². The summed E-state index contributed by atoms with van der Waals surface area (Å²) >= 11 is 0. The van der Waals surface area contributed by atoms with Gasteiger partial charge in [0.05, 0.1) is 12.1 Å². The topological polar surface area (TPSA) is 49.3 Å². The summed E-state index contributed by atoms with van der Waals surface area (Å²) in [4.78, 5) is 11.9. The number of rotatable bonds is 6. The van der Waals surface area contributed by atoms with E-state index < -0.39 is 5.54 Å². The van der Waals surface area contributed by atoms with Crippen LogP contribution in [0.3, 0.4) is 0 Å². The third-order valence-electron chi connectivity index (χ3n) is 3.81. The molecule has 1 aromatic carbocycles. The number of hydrogen-bond acceptors (Lipinski definition) is 2. The zero-order valence-corrected chi connectivity index (χ0v) is 11.2. The second kappa shape index (κ2) is 5.70. The molecule has 1 aliphatic rings. The maximum atomic E-state index is 13.4. The Hall–Kier alpha value is -1.42. The Bertz CT molecular complexity index is 459. The second-order valence-corrected chi connectivity index (χ2v) is 5.49. The van der Waals surface area contributed by atoms with Gasteiger partial charge in [-0.3, -0.25) is 4.79 Å². The van der Waals surface area contributed by atoms with Crippen LogP contribution in [0.2, 0.25) is 0 Å². The van der Waals surface area contributed by atoms with Crippen molar-refractivity contribution in [3.8, 4) is 0 Å². The van der Waals surface area contributed by atoms with Crippen LogP contribution in [0, 0.1) is 11.7 Å². The van der Waals surface area contributed by atoms with E-state index in [1.807, 2.05) is 6.92 Å². The molecule has 1 amide bonds. The van der Waals surface area contributed by atoms with E-state index in [0.29, 0.717) is 17.9 Å². The highest BCUT2D eigenvalue weighted by molar-refractivity contribution is 5.77. The number of amides is 1. The monoisotopic (exact) mass is 265 g/mol. The van der Waals surface area contributed by atoms with Crippen LogP contribution < -0.4 is 5.32 Å². The summed E-state index contributed by atoms with van der Waals surface area (Å²) in [6.07, 6.45) is 2.71. The molecule has 1 aromatic rings. The Labute approximate surface area is 112 Å². The molecule has 104 valence electrons. The maximum absolute atomic E-state index is 13.4. The Morgan fingerprint density at radius 1 is 1.47 bits per heavy atom. The van der Waals surface area contributed by atoms with Crippen LogP contribution in [0.25, 0.3) is 0 Å². The van der Waals surface area contributed by atoms with Crippen LogP contribution in [0.15, 0.2) is 24.3 Å². The summed E-state index contributed by atoms with van der Waals surface area (Å²) in [6, 6.07) is 6.48. The number of aliphatic hydroxyl groups excluding tert-OH is 1. The van der Waals surface area contributed by atoms with Crippen molar-refractivity contribution < 1.29 is 14.3 Å². The maximum Gasteiger partial charge on any atom is 0.220 e. The normalized spacial score (nSPS) is 17.8. The number of aliphatic hydroxyl groups is 1. The molecule has 0 heterocycles. The lowest BCUT2D eigenvalue weighted by Gasteiger charge is -2.28. The number of benzene rings is 1. The molecule has 1 unspecified atom stereocenters. The number of hydrogen-bond donors (Lipinski definition) is 2. The summed E-state index contributed by atoms with van der Waals surface area (Å²) in [5.74, 6) is -0.0379. The van der Waals surface area contributed by atoms with Gasteiger partial charge < -0.3 is 10.4 Å². The van der Waals surface area contributed by atoms with E-state index in [4.69, 9.17) is 0 Å². The Kier molecular flexibility index (Phi) is 4.20. The lowest BCUT2D eigenvalue weighted by molar-refractivity contribution is -0.123. The Morgan fingerprint density at radius 2 is 2.16 bits per heavy atom. The van der Waals surface area contributed by atoms with E-state index in [1.54, 1.807) is 18.2 Å². The molecule has 1 saturated carbocycles. The van der Waals surface area contributed by atoms with Gasteiger partial charge in [-0.1, -0.05) is 18.2 Å². The first-order valence-corrected chi connectivity index (χ1v) is 6.70. The molecule has 4 heteroatoms. The Balaban J connectivity index is 1.86. The summed E-state index contributed by atoms with van der Waals surface area (Å²) in [5, 5.41) is 12.3. The van der Waals surface area contributed by atoms with Crippen molar-refractivity contribution in [3.05, 3.63) is 35.6 Å². The Morgan fingerprint density at radius 3 is 2.74 bits per heavy atom. The molecule has 1 atom stereocenters. The third kappa shape index (κ3) is 3.53. The van der Waals surface area contributed by atoms with Crippen LogP contribution >= 0.6 is 0 Å². The van der Waals surface area contributed by atoms with Crippen molar-refractivity contribution in [1.82, 2.24) is 5.32 Å². The van der Waals surface area contributed by atoms with Crippen molar-refractivity contribution in [2.24, 2.45) is 5.92 Å². The average Bonchev–Trinajstić information content (AvgIpc) is 3.22. The molecule has 0 bridgehead atoms. The fraction of sp³-hybridized carbons (Fsp3) is 0.533. The van der Waals surface area contributed by atoms with Gasteiger partial charge in [-0.15, -0.1) is 0 Å². The molecule has 0 saturated heterocycles. The first-order chi connectivity index (χ1) is 9.05. The summed E-state index contributed by atoms with van der Waals surface area (Å²) in [7, 11) is 0. The summed E-state index contributed by atoms with van der Waals surface area (Å²) in [6.45, 7) is 1.81. The third-order valence-corrected chi connectivity index (χ3v) is 3.81. The smallest absolute Gasteiger partial charge is 0.220 e. The first-order valence-electron chi connectivity index (χ1n) is 6.70. The molecule has 2 N–H and O–H groups in total. The molecular weight excluding hydrogens is 245 g/mol. The molecule has 19 heavy (non-hydrogen) atoms. The summed E-state index contributed by atoms with van der Waals surface area (Å²) < 4.78 is 13.4. The van der Waals surface area contributed by atoms with Crippen LogP contribution in [0.5, 0.6) is 0 Å². The summed E-state index contributed by atoms with van der Waals surface area (Å²) in [5.41, 5.74) is 0.0292. The number of carbonyl (C=O) groups excluding carboxylic acids is 1. The van der Waals surface area contributed by atoms with Crippen LogP contribution in [0.1, 0.15) is 31.7 Å². The second-order valence-electron chi connectivity index (χ2n) is 5.49. The lowest BCUT2D eigenvalue weighted by Crippen LogP contribution is -2.50. The molecule has 2 rings (SSSR count). The van der Waals surface area contributed by atoms with Crippen molar-refractivity contribution in [2.75, 3.05) is 6.61 Å². The van der Waals surface area contributed by atoms with E-state index in [2.05, 4.69) is 5.32 Å². The lowest BCUT2D eigenvalue weighted by atomic mass is 9.96. The molecule has 0 aliphatic heterocycles. The van der Waals surface area contributed by atoms with Crippen LogP contribution in [-0.4, -0.2) is 23.2 Å². The molecule has 0 radical (unpaired) electrons. The number of nitrogens with one attached hydrogen (secondary N) is 1. The quantitative estimate of drug-likeness (QED) is 0.827. The minimum Gasteiger partial charge on any atom is -0.394 e. The molecule has 3 nitrogen and oxygen atoms in total. The first kappa shape index (κ1) is 14.0. The van der Waals surface area contributed by atoms with Gasteiger partial charge in [0, 0.05) is 6.42 Å². The zero-order chi connectivity index (χ0) is 13.9. The van der Waals surface area contributed by atoms with Gasteiger partial charge in [0.1, 0.15) is 5.82 Å². The van der Waals surface area contributed by atoms with Crippen molar-refractivity contribution >= 4 is 5.91 Å². The fourth-order valence-corrected chi connectivity index (χ4v) is 2.32. The van der Waals surface area contributed by atoms with Crippen molar-refractivity contribution in [1.29, 1.82) is 0 Å². The van der Waals surface area contributed by atoms with Crippen LogP contribution in [0.4, 0.5) is 4.39 Å². The minimum atomic E-state index is -0.522. The van der Waals surface area contributed by atoms with E-state index in [9.17, 15) is 14.3 Å². The number of aryl methyl sites for hydroxylation is 1. The van der Waals surface area contributed by atoms with Gasteiger partial charge in [-0.05, 0) is 43.7 Å². The molecule has 1 aliphatic carbocycles. The number of halogens is 1. The largest absolute Gasteiger partial charge is 0.394 e. The molecule has 0 spiro atoms. The molecule has 1 fully saturated rings. The predicted octanol–water partition coefficient (Wildman–Crippen LogP) is 2.04. The van der Waals surface area contributed by atoms with Gasteiger partial charge in [0.25, 0.3) is 0 Å². The molecule has 0 aromatic heterocycles. The van der Waals surface area contributed by atoms with Gasteiger partial charge in [0.15, 0.2) is 0 Å². The standard InChI is InChI=1S/C15H20FNO2/c1-15(10-18,12-7-8-12)17-14(19)9-6-11-4-2-3-5-13(11)16/h2-5,12,18H,6-10H2,1H3,(H,17,19). The van der Waals surface area contributed by atoms with E-state index >= 15 is 0 Å². The predicted molar refractivity (Wildman–Crippen MR) is 71.1 cm³/mol.